The molecule has 2 aromatic rings. The molecule has 2 aromatic carbocycles. The molecule has 1 aliphatic carbocycles. The van der Waals surface area contributed by atoms with Gasteiger partial charge in [-0.3, -0.25) is 4.79 Å². The van der Waals surface area contributed by atoms with Gasteiger partial charge in [-0.2, -0.15) is 0 Å². The van der Waals surface area contributed by atoms with Gasteiger partial charge in [0.15, 0.2) is 5.78 Å². The van der Waals surface area contributed by atoms with E-state index in [-0.39, 0.29) is 11.7 Å². The van der Waals surface area contributed by atoms with Crippen molar-refractivity contribution in [2.45, 2.75) is 25.4 Å². The SMILES string of the molecule is O=C1C=CC(c2ccccc2OCc2ccccc2)CC1. The quantitative estimate of drug-likeness (QED) is 0.835. The first-order valence-electron chi connectivity index (χ1n) is 7.29. The molecule has 21 heavy (non-hydrogen) atoms. The largest absolute Gasteiger partial charge is 0.489 e. The van der Waals surface area contributed by atoms with Crippen molar-refractivity contribution >= 4 is 5.78 Å². The summed E-state index contributed by atoms with van der Waals surface area (Å²) < 4.78 is 5.98. The van der Waals surface area contributed by atoms with E-state index in [0.29, 0.717) is 13.0 Å². The predicted molar refractivity (Wildman–Crippen MR) is 83.3 cm³/mol. The lowest BCUT2D eigenvalue weighted by molar-refractivity contribution is -0.115. The summed E-state index contributed by atoms with van der Waals surface area (Å²) in [5.74, 6) is 1.40. The van der Waals surface area contributed by atoms with Gasteiger partial charge in [0.2, 0.25) is 0 Å². The topological polar surface area (TPSA) is 26.3 Å². The second-order valence-electron chi connectivity index (χ2n) is 5.28. The highest BCUT2D eigenvalue weighted by molar-refractivity contribution is 5.90. The van der Waals surface area contributed by atoms with Crippen LogP contribution in [0.3, 0.4) is 0 Å². The third kappa shape index (κ3) is 3.40. The fraction of sp³-hybridized carbons (Fsp3) is 0.211. The molecule has 0 saturated carbocycles. The van der Waals surface area contributed by atoms with E-state index < -0.39 is 0 Å². The monoisotopic (exact) mass is 278 g/mol. The molecule has 2 nitrogen and oxygen atoms in total. The van der Waals surface area contributed by atoms with E-state index in [2.05, 4.69) is 18.2 Å². The number of carbonyl (C=O) groups excluding carboxylic acids is 1. The van der Waals surface area contributed by atoms with E-state index in [9.17, 15) is 4.79 Å². The molecule has 1 aliphatic rings. The highest BCUT2D eigenvalue weighted by atomic mass is 16.5. The lowest BCUT2D eigenvalue weighted by Crippen LogP contribution is -2.08. The van der Waals surface area contributed by atoms with Crippen molar-refractivity contribution in [1.82, 2.24) is 0 Å². The molecular formula is C19H18O2. The molecule has 0 bridgehead atoms. The van der Waals surface area contributed by atoms with Crippen LogP contribution in [0.25, 0.3) is 0 Å². The first-order chi connectivity index (χ1) is 10.3. The Bertz CT molecular complexity index is 644. The van der Waals surface area contributed by atoms with E-state index in [1.165, 1.54) is 0 Å². The molecular weight excluding hydrogens is 260 g/mol. The molecule has 0 radical (unpaired) electrons. The Morgan fingerprint density at radius 1 is 1.00 bits per heavy atom. The van der Waals surface area contributed by atoms with Gasteiger partial charge in [0.05, 0.1) is 0 Å². The van der Waals surface area contributed by atoms with Crippen LogP contribution in [0.4, 0.5) is 0 Å². The zero-order valence-electron chi connectivity index (χ0n) is 11.9. The minimum atomic E-state index is 0.217. The average molecular weight is 278 g/mol. The number of benzene rings is 2. The van der Waals surface area contributed by atoms with E-state index in [4.69, 9.17) is 4.74 Å². The fourth-order valence-electron chi connectivity index (χ4n) is 2.61. The van der Waals surface area contributed by atoms with E-state index in [0.717, 1.165) is 23.3 Å². The second kappa shape index (κ2) is 6.40. The molecule has 0 saturated heterocycles. The summed E-state index contributed by atoms with van der Waals surface area (Å²) in [5, 5.41) is 0. The fourth-order valence-corrected chi connectivity index (χ4v) is 2.61. The van der Waals surface area contributed by atoms with Crippen LogP contribution >= 0.6 is 0 Å². The summed E-state index contributed by atoms with van der Waals surface area (Å²) in [6.07, 6.45) is 5.17. The Balaban J connectivity index is 1.77. The normalized spacial score (nSPS) is 17.7. The Morgan fingerprint density at radius 3 is 2.52 bits per heavy atom. The van der Waals surface area contributed by atoms with Crippen molar-refractivity contribution in [2.75, 3.05) is 0 Å². The third-order valence-electron chi connectivity index (χ3n) is 3.77. The number of allylic oxidation sites excluding steroid dienone is 2. The van der Waals surface area contributed by atoms with Gasteiger partial charge in [-0.05, 0) is 24.1 Å². The van der Waals surface area contributed by atoms with Gasteiger partial charge in [-0.1, -0.05) is 54.6 Å². The highest BCUT2D eigenvalue weighted by Gasteiger charge is 2.18. The summed E-state index contributed by atoms with van der Waals surface area (Å²) in [5.41, 5.74) is 2.32. The van der Waals surface area contributed by atoms with Crippen LogP contribution in [0, 0.1) is 0 Å². The van der Waals surface area contributed by atoms with Gasteiger partial charge in [-0.15, -0.1) is 0 Å². The van der Waals surface area contributed by atoms with Crippen LogP contribution in [-0.2, 0) is 11.4 Å². The van der Waals surface area contributed by atoms with E-state index in [1.807, 2.05) is 42.5 Å². The van der Waals surface area contributed by atoms with Crippen LogP contribution in [-0.4, -0.2) is 5.78 Å². The van der Waals surface area contributed by atoms with Crippen molar-refractivity contribution in [3.05, 3.63) is 77.9 Å². The summed E-state index contributed by atoms with van der Waals surface area (Å²) in [6.45, 7) is 0.563. The minimum absolute atomic E-state index is 0.217. The Hall–Kier alpha value is -2.35. The molecule has 0 fully saturated rings. The molecule has 2 heteroatoms. The molecule has 0 amide bonds. The zero-order chi connectivity index (χ0) is 14.5. The minimum Gasteiger partial charge on any atom is -0.489 e. The van der Waals surface area contributed by atoms with Crippen molar-refractivity contribution < 1.29 is 9.53 Å². The summed E-state index contributed by atoms with van der Waals surface area (Å²) in [6, 6.07) is 18.2. The molecule has 3 rings (SSSR count). The summed E-state index contributed by atoms with van der Waals surface area (Å²) in [7, 11) is 0. The standard InChI is InChI=1S/C19H18O2/c20-17-12-10-16(11-13-17)18-8-4-5-9-19(18)21-14-15-6-2-1-3-7-15/h1-10,12,16H,11,13-14H2. The molecule has 0 aliphatic heterocycles. The zero-order valence-corrected chi connectivity index (χ0v) is 11.9. The van der Waals surface area contributed by atoms with Crippen molar-refractivity contribution in [3.8, 4) is 5.75 Å². The lowest BCUT2D eigenvalue weighted by atomic mass is 9.88. The van der Waals surface area contributed by atoms with Crippen molar-refractivity contribution in [1.29, 1.82) is 0 Å². The second-order valence-corrected chi connectivity index (χ2v) is 5.28. The maximum Gasteiger partial charge on any atom is 0.155 e. The van der Waals surface area contributed by atoms with Crippen molar-refractivity contribution in [3.63, 3.8) is 0 Å². The number of hydrogen-bond donors (Lipinski definition) is 0. The van der Waals surface area contributed by atoms with Crippen LogP contribution in [0.15, 0.2) is 66.7 Å². The molecule has 0 heterocycles. The maximum atomic E-state index is 11.3. The number of ether oxygens (including phenoxy) is 1. The summed E-state index contributed by atoms with van der Waals surface area (Å²) in [4.78, 5) is 11.3. The highest BCUT2D eigenvalue weighted by Crippen LogP contribution is 2.33. The van der Waals surface area contributed by atoms with E-state index in [1.54, 1.807) is 6.08 Å². The maximum absolute atomic E-state index is 11.3. The van der Waals surface area contributed by atoms with Crippen LogP contribution in [0.5, 0.6) is 5.75 Å². The first kappa shape index (κ1) is 13.6. The number of rotatable bonds is 4. The van der Waals surface area contributed by atoms with Gasteiger partial charge >= 0.3 is 0 Å². The van der Waals surface area contributed by atoms with Crippen LogP contribution < -0.4 is 4.74 Å². The molecule has 0 aromatic heterocycles. The van der Waals surface area contributed by atoms with Gasteiger partial charge in [0, 0.05) is 17.9 Å². The number of hydrogen-bond acceptors (Lipinski definition) is 2. The number of carbonyl (C=O) groups is 1. The van der Waals surface area contributed by atoms with Gasteiger partial charge in [0.1, 0.15) is 12.4 Å². The van der Waals surface area contributed by atoms with E-state index >= 15 is 0 Å². The first-order valence-corrected chi connectivity index (χ1v) is 7.29. The molecule has 1 atom stereocenters. The smallest absolute Gasteiger partial charge is 0.155 e. The Labute approximate surface area is 125 Å². The Kier molecular flexibility index (Phi) is 4.15. The lowest BCUT2D eigenvalue weighted by Gasteiger charge is -2.19. The van der Waals surface area contributed by atoms with Crippen LogP contribution in [0.1, 0.15) is 29.9 Å². The van der Waals surface area contributed by atoms with Gasteiger partial charge in [0.25, 0.3) is 0 Å². The predicted octanol–water partition coefficient (Wildman–Crippen LogP) is 4.27. The molecule has 0 N–H and O–H groups in total. The molecule has 0 spiro atoms. The molecule has 1 unspecified atom stereocenters. The van der Waals surface area contributed by atoms with Crippen molar-refractivity contribution in [2.24, 2.45) is 0 Å². The third-order valence-corrected chi connectivity index (χ3v) is 3.77. The van der Waals surface area contributed by atoms with Gasteiger partial charge in [-0.25, -0.2) is 0 Å². The number of ketones is 1. The van der Waals surface area contributed by atoms with Gasteiger partial charge < -0.3 is 4.74 Å². The number of para-hydroxylation sites is 1. The Morgan fingerprint density at radius 2 is 1.76 bits per heavy atom. The average Bonchev–Trinajstić information content (AvgIpc) is 2.55. The summed E-state index contributed by atoms with van der Waals surface area (Å²) >= 11 is 0. The van der Waals surface area contributed by atoms with Crippen LogP contribution in [0.2, 0.25) is 0 Å². The molecule has 106 valence electrons.